The zero-order valence-corrected chi connectivity index (χ0v) is 23.0. The molecule has 0 aromatic rings. The fourth-order valence-corrected chi connectivity index (χ4v) is 9.24. The summed E-state index contributed by atoms with van der Waals surface area (Å²) in [5.41, 5.74) is 0.0517. The van der Waals surface area contributed by atoms with Gasteiger partial charge in [-0.1, -0.05) is 36.5 Å². The lowest BCUT2D eigenvalue weighted by Crippen LogP contribution is -2.27. The van der Waals surface area contributed by atoms with Gasteiger partial charge in [-0.25, -0.2) is 0 Å². The molecule has 0 N–H and O–H groups in total. The Morgan fingerprint density at radius 2 is 0.964 bits per heavy atom. The van der Waals surface area contributed by atoms with Gasteiger partial charge < -0.3 is 13.3 Å². The van der Waals surface area contributed by atoms with Crippen molar-refractivity contribution >= 4 is 37.4 Å². The average molecular weight is 451 g/mol. The van der Waals surface area contributed by atoms with Crippen LogP contribution in [-0.2, 0) is 13.3 Å². The molecule has 0 spiro atoms. The van der Waals surface area contributed by atoms with Gasteiger partial charge in [-0.15, -0.1) is 39.5 Å². The third-order valence-electron chi connectivity index (χ3n) is 3.92. The van der Waals surface area contributed by atoms with Gasteiger partial charge in [0.2, 0.25) is 24.0 Å². The van der Waals surface area contributed by atoms with E-state index in [1.165, 1.54) is 0 Å². The minimum absolute atomic E-state index is 0.0517. The van der Waals surface area contributed by atoms with Gasteiger partial charge in [-0.2, -0.15) is 0 Å². The third-order valence-corrected chi connectivity index (χ3v) is 12.2. The van der Waals surface area contributed by atoms with Crippen molar-refractivity contribution < 1.29 is 13.3 Å². The summed E-state index contributed by atoms with van der Waals surface area (Å²) in [6.07, 6.45) is 13.6. The zero-order chi connectivity index (χ0) is 21.2. The first-order chi connectivity index (χ1) is 13.5. The maximum absolute atomic E-state index is 6.35. The van der Waals surface area contributed by atoms with Crippen LogP contribution in [0.25, 0.3) is 0 Å². The Kier molecular flexibility index (Phi) is 16.8. The Labute approximate surface area is 180 Å². The second kappa shape index (κ2) is 17.7. The number of allylic oxidation sites excluding steroid dienone is 6. The van der Waals surface area contributed by atoms with Crippen molar-refractivity contribution in [1.29, 1.82) is 0 Å². The highest BCUT2D eigenvalue weighted by molar-refractivity contribution is 6.55. The molecule has 1 atom stereocenters. The fraction of sp³-hybridized carbons (Fsp3) is 0.333. The molecule has 3 nitrogen and oxygen atoms in total. The second-order valence-corrected chi connectivity index (χ2v) is 15.0. The molecule has 28 heavy (non-hydrogen) atoms. The molecule has 1 unspecified atom stereocenters. The molecule has 0 bridgehead atoms. The number of rotatable bonds is 19. The quantitative estimate of drug-likeness (QED) is 0.170. The topological polar surface area (TPSA) is 27.7 Å². The summed E-state index contributed by atoms with van der Waals surface area (Å²) in [6.45, 7) is 23.2. The molecule has 0 fully saturated rings. The number of hydrogen-bond acceptors (Lipinski definition) is 3. The van der Waals surface area contributed by atoms with E-state index in [0.29, 0.717) is 5.95 Å². The normalized spacial score (nSPS) is 11.7. The minimum atomic E-state index is -1.53. The van der Waals surface area contributed by atoms with Crippen molar-refractivity contribution in [1.82, 2.24) is 0 Å². The van der Waals surface area contributed by atoms with Crippen LogP contribution >= 0.6 is 0 Å². The van der Waals surface area contributed by atoms with Gasteiger partial charge in [0.05, 0.1) is 5.73 Å². The molecule has 0 aliphatic rings. The SMILES string of the molecule is C=CC[SiH](CC=C)OC(=CC([SiH3])O[SiH](CC=C)CC=C)O[SiH](CC=C)CC=C. The maximum atomic E-state index is 6.35. The monoisotopic (exact) mass is 450 g/mol. The summed E-state index contributed by atoms with van der Waals surface area (Å²) in [5.74, 6) is 0.630. The van der Waals surface area contributed by atoms with Crippen molar-refractivity contribution in [3.8, 4) is 0 Å². The fourth-order valence-electron chi connectivity index (χ4n) is 2.68. The first-order valence-corrected chi connectivity index (χ1v) is 17.4. The van der Waals surface area contributed by atoms with Crippen molar-refractivity contribution in [2.75, 3.05) is 0 Å². The minimum Gasteiger partial charge on any atom is -0.522 e. The van der Waals surface area contributed by atoms with Gasteiger partial charge in [0.15, 0.2) is 9.04 Å². The molecule has 0 saturated carbocycles. The summed E-state index contributed by atoms with van der Waals surface area (Å²) in [6, 6.07) is 5.36. The van der Waals surface area contributed by atoms with E-state index >= 15 is 0 Å². The van der Waals surface area contributed by atoms with Gasteiger partial charge >= 0.3 is 0 Å². The van der Waals surface area contributed by atoms with Gasteiger partial charge in [0, 0.05) is 16.3 Å². The molecular weight excluding hydrogens is 413 g/mol. The van der Waals surface area contributed by atoms with Gasteiger partial charge in [0.25, 0.3) is 0 Å². The van der Waals surface area contributed by atoms with E-state index in [4.69, 9.17) is 13.3 Å². The Bertz CT molecular complexity index is 476. The molecule has 0 rings (SSSR count). The third kappa shape index (κ3) is 12.9. The standard InChI is InChI=1S/C21H38O3Si4/c1-7-13-26(14-8-2)22-20(23-27(15-9-3)16-10-4)19-21(25)24-28(17-11-5)18-12-6/h7-12,19,21,26-28H,1-6,13-18H2,25H3. The average Bonchev–Trinajstić information content (AvgIpc) is 2.63. The molecule has 0 amide bonds. The Balaban J connectivity index is 5.40. The van der Waals surface area contributed by atoms with Gasteiger partial charge in [-0.05, 0) is 36.3 Å². The molecule has 156 valence electrons. The summed E-state index contributed by atoms with van der Waals surface area (Å²) >= 11 is 0. The van der Waals surface area contributed by atoms with Crippen LogP contribution in [0.4, 0.5) is 0 Å². The lowest BCUT2D eigenvalue weighted by molar-refractivity contribution is 0.215. The van der Waals surface area contributed by atoms with Crippen LogP contribution in [-0.4, -0.2) is 43.1 Å². The molecule has 0 aromatic carbocycles. The molecule has 0 aliphatic carbocycles. The van der Waals surface area contributed by atoms with Crippen molar-refractivity contribution in [3.05, 3.63) is 88.0 Å². The van der Waals surface area contributed by atoms with Crippen molar-refractivity contribution in [2.45, 2.75) is 42.0 Å². The molecule has 0 saturated heterocycles. The lowest BCUT2D eigenvalue weighted by atomic mass is 10.6. The molecule has 0 aromatic heterocycles. The summed E-state index contributed by atoms with van der Waals surface area (Å²) < 4.78 is 19.0. The predicted molar refractivity (Wildman–Crippen MR) is 137 cm³/mol. The largest absolute Gasteiger partial charge is 0.522 e. The van der Waals surface area contributed by atoms with E-state index in [0.717, 1.165) is 46.5 Å². The first kappa shape index (κ1) is 26.6. The van der Waals surface area contributed by atoms with Crippen molar-refractivity contribution in [3.63, 3.8) is 0 Å². The molecule has 0 radical (unpaired) electrons. The Morgan fingerprint density at radius 1 is 0.643 bits per heavy atom. The van der Waals surface area contributed by atoms with E-state index in [9.17, 15) is 0 Å². The molecule has 7 heteroatoms. The number of hydrogen-bond donors (Lipinski definition) is 0. The Hall–Kier alpha value is -1.39. The molecule has 0 heterocycles. The van der Waals surface area contributed by atoms with Gasteiger partial charge in [0.1, 0.15) is 0 Å². The van der Waals surface area contributed by atoms with Gasteiger partial charge in [-0.3, -0.25) is 0 Å². The van der Waals surface area contributed by atoms with E-state index in [2.05, 4.69) is 39.5 Å². The van der Waals surface area contributed by atoms with E-state index < -0.39 is 27.1 Å². The van der Waals surface area contributed by atoms with Crippen LogP contribution in [0.5, 0.6) is 0 Å². The van der Waals surface area contributed by atoms with Crippen LogP contribution in [0.15, 0.2) is 88.0 Å². The van der Waals surface area contributed by atoms with Crippen LogP contribution in [0.1, 0.15) is 0 Å². The molecule has 0 aliphatic heterocycles. The predicted octanol–water partition coefficient (Wildman–Crippen LogP) is 3.86. The smallest absolute Gasteiger partial charge is 0.249 e. The van der Waals surface area contributed by atoms with E-state index in [1.807, 2.05) is 42.5 Å². The van der Waals surface area contributed by atoms with Crippen LogP contribution in [0.2, 0.25) is 36.3 Å². The lowest BCUT2D eigenvalue weighted by Gasteiger charge is -2.24. The van der Waals surface area contributed by atoms with Crippen molar-refractivity contribution in [2.24, 2.45) is 0 Å². The highest BCUT2D eigenvalue weighted by Gasteiger charge is 2.19. The Morgan fingerprint density at radius 3 is 1.29 bits per heavy atom. The first-order valence-electron chi connectivity index (χ1n) is 9.90. The summed E-state index contributed by atoms with van der Waals surface area (Å²) in [5, 5.41) is 0. The zero-order valence-electron chi connectivity index (χ0n) is 17.6. The summed E-state index contributed by atoms with van der Waals surface area (Å²) in [4.78, 5) is 0. The second-order valence-electron chi connectivity index (χ2n) is 6.57. The highest BCUT2D eigenvalue weighted by Crippen LogP contribution is 2.17. The maximum Gasteiger partial charge on any atom is 0.249 e. The van der Waals surface area contributed by atoms with E-state index in [1.54, 1.807) is 0 Å². The molecular formula is C21H38O3Si4. The summed E-state index contributed by atoms with van der Waals surface area (Å²) in [7, 11) is -3.57. The van der Waals surface area contributed by atoms with Crippen LogP contribution < -0.4 is 0 Å². The highest BCUT2D eigenvalue weighted by atomic mass is 28.3. The van der Waals surface area contributed by atoms with Crippen LogP contribution in [0.3, 0.4) is 0 Å². The van der Waals surface area contributed by atoms with E-state index in [-0.39, 0.29) is 5.73 Å². The van der Waals surface area contributed by atoms with Crippen LogP contribution in [0, 0.1) is 0 Å².